The van der Waals surface area contributed by atoms with Crippen LogP contribution in [0.25, 0.3) is 0 Å². The van der Waals surface area contributed by atoms with Crippen molar-refractivity contribution in [3.05, 3.63) is 28.2 Å². The summed E-state index contributed by atoms with van der Waals surface area (Å²) in [6.45, 7) is 0. The molecule has 1 aromatic carbocycles. The number of carbonyl (C=O) groups excluding carboxylic acids is 1. The minimum atomic E-state index is -4.08. The van der Waals surface area contributed by atoms with Crippen LogP contribution in [0.1, 0.15) is 6.42 Å². The first-order chi connectivity index (χ1) is 9.27. The van der Waals surface area contributed by atoms with Gasteiger partial charge in [-0.3, -0.25) is 0 Å². The van der Waals surface area contributed by atoms with Gasteiger partial charge in [0.1, 0.15) is 4.90 Å². The first kappa shape index (κ1) is 17.6. The van der Waals surface area contributed by atoms with Crippen molar-refractivity contribution >= 4 is 51.0 Å². The molecule has 0 unspecified atom stereocenters. The molecule has 0 saturated heterocycles. The minimum Gasteiger partial charge on any atom is -0.548 e. The van der Waals surface area contributed by atoms with Crippen LogP contribution in [0, 0.1) is 0 Å². The number of carboxylic acid groups (broad SMARTS) is 1. The Balaban J connectivity index is 3.03. The summed E-state index contributed by atoms with van der Waals surface area (Å²) >= 11 is 12.9. The normalized spacial score (nSPS) is 13.2. The number of benzene rings is 1. The highest BCUT2D eigenvalue weighted by Gasteiger charge is 2.23. The Morgan fingerprint density at radius 3 is 2.65 bits per heavy atom. The molecule has 0 aliphatic heterocycles. The van der Waals surface area contributed by atoms with Gasteiger partial charge in [0.25, 0.3) is 0 Å². The molecule has 0 saturated carbocycles. The third-order valence-corrected chi connectivity index (χ3v) is 5.21. The van der Waals surface area contributed by atoms with Crippen LogP contribution in [0.4, 0.5) is 0 Å². The van der Waals surface area contributed by atoms with Crippen LogP contribution < -0.4 is 9.83 Å². The number of carbonyl (C=O) groups is 1. The van der Waals surface area contributed by atoms with Gasteiger partial charge in [-0.15, -0.1) is 0 Å². The van der Waals surface area contributed by atoms with Crippen LogP contribution in [0.3, 0.4) is 0 Å². The molecular weight excluding hydrogens is 345 g/mol. The molecule has 0 spiro atoms. The monoisotopic (exact) mass is 356 g/mol. The van der Waals surface area contributed by atoms with E-state index < -0.39 is 22.0 Å². The van der Waals surface area contributed by atoms with Gasteiger partial charge in [0.15, 0.2) is 0 Å². The highest BCUT2D eigenvalue weighted by molar-refractivity contribution is 7.98. The summed E-state index contributed by atoms with van der Waals surface area (Å²) in [6, 6.07) is 2.61. The summed E-state index contributed by atoms with van der Waals surface area (Å²) in [5.74, 6) is -1.01. The number of hydrogen-bond donors (Lipinski definition) is 1. The largest absolute Gasteiger partial charge is 0.548 e. The number of halogens is 2. The molecule has 0 aromatic heterocycles. The van der Waals surface area contributed by atoms with Gasteiger partial charge >= 0.3 is 0 Å². The zero-order valence-corrected chi connectivity index (χ0v) is 13.6. The van der Waals surface area contributed by atoms with E-state index >= 15 is 0 Å². The van der Waals surface area contributed by atoms with Gasteiger partial charge in [0, 0.05) is 5.02 Å². The Morgan fingerprint density at radius 2 is 2.10 bits per heavy atom. The fraction of sp³-hybridized carbons (Fsp3) is 0.364. The van der Waals surface area contributed by atoms with Gasteiger partial charge in [0.2, 0.25) is 10.0 Å². The zero-order chi connectivity index (χ0) is 15.3. The van der Waals surface area contributed by atoms with Crippen molar-refractivity contribution in [3.63, 3.8) is 0 Å². The second-order valence-corrected chi connectivity index (χ2v) is 7.36. The lowest BCUT2D eigenvalue weighted by Gasteiger charge is -2.19. The molecule has 1 atom stereocenters. The van der Waals surface area contributed by atoms with Gasteiger partial charge in [-0.2, -0.15) is 11.8 Å². The van der Waals surface area contributed by atoms with Crippen LogP contribution in [0.2, 0.25) is 10.0 Å². The Bertz CT molecular complexity index is 592. The van der Waals surface area contributed by atoms with E-state index in [2.05, 4.69) is 4.72 Å². The predicted octanol–water partition coefficient (Wildman–Crippen LogP) is 1.14. The Kier molecular flexibility index (Phi) is 6.60. The molecule has 0 aliphatic rings. The van der Waals surface area contributed by atoms with Crippen molar-refractivity contribution in [1.82, 2.24) is 4.72 Å². The fourth-order valence-corrected chi connectivity index (χ4v) is 3.85. The molecule has 9 heteroatoms. The molecule has 0 radical (unpaired) electrons. The Hall–Kier alpha value is -0.470. The van der Waals surface area contributed by atoms with Crippen molar-refractivity contribution in [2.45, 2.75) is 17.4 Å². The lowest BCUT2D eigenvalue weighted by atomic mass is 10.2. The third kappa shape index (κ3) is 4.82. The average Bonchev–Trinajstić information content (AvgIpc) is 2.36. The average molecular weight is 357 g/mol. The topological polar surface area (TPSA) is 86.3 Å². The van der Waals surface area contributed by atoms with E-state index in [1.54, 1.807) is 6.26 Å². The summed E-state index contributed by atoms with van der Waals surface area (Å²) in [5.41, 5.74) is 0. The first-order valence-electron chi connectivity index (χ1n) is 5.45. The summed E-state index contributed by atoms with van der Waals surface area (Å²) in [4.78, 5) is 10.7. The van der Waals surface area contributed by atoms with Gasteiger partial charge in [-0.1, -0.05) is 23.2 Å². The lowest BCUT2D eigenvalue weighted by Crippen LogP contribution is -2.48. The van der Waals surface area contributed by atoms with E-state index in [4.69, 9.17) is 23.2 Å². The molecule has 0 aliphatic carbocycles. The molecule has 0 heterocycles. The van der Waals surface area contributed by atoms with Crippen molar-refractivity contribution < 1.29 is 18.3 Å². The number of sulfonamides is 1. The predicted molar refractivity (Wildman–Crippen MR) is 78.6 cm³/mol. The molecule has 20 heavy (non-hydrogen) atoms. The van der Waals surface area contributed by atoms with Crippen molar-refractivity contribution in [2.75, 3.05) is 12.0 Å². The molecule has 1 aromatic rings. The first-order valence-corrected chi connectivity index (χ1v) is 9.08. The van der Waals surface area contributed by atoms with E-state index in [1.165, 1.54) is 23.9 Å². The standard InChI is InChI=1S/C11H13Cl2NO4S2/c1-19-5-4-9(11(15)16)14-20(17,18)10-6-7(12)2-3-8(10)13/h2-3,6,9,14H,4-5H2,1H3,(H,15,16)/p-1/t9-/m0/s1. The summed E-state index contributed by atoms with van der Waals surface area (Å²) in [6.07, 6.45) is 1.90. The fourth-order valence-electron chi connectivity index (χ4n) is 1.39. The van der Waals surface area contributed by atoms with E-state index in [1.807, 2.05) is 0 Å². The van der Waals surface area contributed by atoms with Gasteiger partial charge in [-0.05, 0) is 36.6 Å². The molecular formula is C11H12Cl2NO4S2-. The molecule has 1 rings (SSSR count). The minimum absolute atomic E-state index is 0.0381. The molecule has 0 bridgehead atoms. The maximum atomic E-state index is 12.1. The summed E-state index contributed by atoms with van der Waals surface area (Å²) in [7, 11) is -4.08. The number of aliphatic carboxylic acids is 1. The number of carboxylic acids is 1. The highest BCUT2D eigenvalue weighted by Crippen LogP contribution is 2.25. The SMILES string of the molecule is CSCC[C@H](NS(=O)(=O)c1cc(Cl)ccc1Cl)C(=O)[O-]. The third-order valence-electron chi connectivity index (χ3n) is 2.38. The van der Waals surface area contributed by atoms with Gasteiger partial charge in [-0.25, -0.2) is 13.1 Å². The number of rotatable bonds is 7. The van der Waals surface area contributed by atoms with E-state index in [9.17, 15) is 18.3 Å². The van der Waals surface area contributed by atoms with Crippen LogP contribution in [0.15, 0.2) is 23.1 Å². The van der Waals surface area contributed by atoms with E-state index in [0.29, 0.717) is 5.75 Å². The zero-order valence-electron chi connectivity index (χ0n) is 10.4. The quantitative estimate of drug-likeness (QED) is 0.791. The van der Waals surface area contributed by atoms with Crippen molar-refractivity contribution in [2.24, 2.45) is 0 Å². The van der Waals surface area contributed by atoms with Gasteiger partial charge in [0.05, 0.1) is 17.0 Å². The number of hydrogen-bond acceptors (Lipinski definition) is 5. The molecule has 5 nitrogen and oxygen atoms in total. The van der Waals surface area contributed by atoms with Crippen LogP contribution in [-0.2, 0) is 14.8 Å². The van der Waals surface area contributed by atoms with Gasteiger partial charge < -0.3 is 9.90 Å². The second kappa shape index (κ2) is 7.51. The lowest BCUT2D eigenvalue weighted by molar-refractivity contribution is -0.308. The van der Waals surface area contributed by atoms with Crippen LogP contribution in [-0.4, -0.2) is 32.4 Å². The number of thioether (sulfide) groups is 1. The Morgan fingerprint density at radius 1 is 1.45 bits per heavy atom. The van der Waals surface area contributed by atoms with E-state index in [0.717, 1.165) is 6.07 Å². The van der Waals surface area contributed by atoms with E-state index in [-0.39, 0.29) is 21.4 Å². The Labute approximate surface area is 131 Å². The molecule has 0 fully saturated rings. The smallest absolute Gasteiger partial charge is 0.242 e. The molecule has 112 valence electrons. The maximum absolute atomic E-state index is 12.1. The maximum Gasteiger partial charge on any atom is 0.242 e. The number of nitrogens with one attached hydrogen (secondary N) is 1. The highest BCUT2D eigenvalue weighted by atomic mass is 35.5. The summed E-state index contributed by atoms with van der Waals surface area (Å²) in [5, 5.41) is 11.1. The molecule has 1 N–H and O–H groups in total. The molecule has 0 amide bonds. The van der Waals surface area contributed by atoms with Crippen LogP contribution in [0.5, 0.6) is 0 Å². The van der Waals surface area contributed by atoms with Crippen LogP contribution >= 0.6 is 35.0 Å². The summed E-state index contributed by atoms with van der Waals surface area (Å²) < 4.78 is 26.3. The second-order valence-electron chi connectivity index (χ2n) is 3.85. The van der Waals surface area contributed by atoms with Crippen molar-refractivity contribution in [1.29, 1.82) is 0 Å². The van der Waals surface area contributed by atoms with Crippen molar-refractivity contribution in [3.8, 4) is 0 Å².